The molecule has 0 aliphatic carbocycles. The van der Waals surface area contributed by atoms with Crippen LogP contribution in [0.3, 0.4) is 0 Å². The Kier molecular flexibility index (Phi) is 3.56. The molecule has 1 aromatic carbocycles. The van der Waals surface area contributed by atoms with Gasteiger partial charge in [-0.1, -0.05) is 30.3 Å². The molecule has 1 aliphatic heterocycles. The smallest absolute Gasteiger partial charge is 0.223 e. The Balaban J connectivity index is 1.80. The maximum Gasteiger partial charge on any atom is 0.223 e. The van der Waals surface area contributed by atoms with Crippen LogP contribution in [0.25, 0.3) is 0 Å². The molecule has 1 N–H and O–H groups in total. The lowest BCUT2D eigenvalue weighted by Gasteiger charge is -2.25. The highest BCUT2D eigenvalue weighted by Crippen LogP contribution is 2.13. The molecule has 1 aromatic heterocycles. The Hall–Kier alpha value is -2.07. The van der Waals surface area contributed by atoms with Crippen LogP contribution in [0.15, 0.2) is 47.4 Å². The van der Waals surface area contributed by atoms with E-state index in [2.05, 4.69) is 16.8 Å². The number of benzene rings is 1. The third kappa shape index (κ3) is 2.75. The van der Waals surface area contributed by atoms with E-state index in [1.807, 2.05) is 36.5 Å². The van der Waals surface area contributed by atoms with Crippen molar-refractivity contribution in [1.29, 1.82) is 0 Å². The van der Waals surface area contributed by atoms with Crippen LogP contribution < -0.4 is 15.5 Å². The van der Waals surface area contributed by atoms with Crippen LogP contribution >= 0.6 is 0 Å². The largest absolute Gasteiger partial charge is 0.483 e. The predicted octanol–water partition coefficient (Wildman–Crippen LogP) is 1.92. The Morgan fingerprint density at radius 2 is 2.15 bits per heavy atom. The molecule has 1 aliphatic rings. The first-order valence-electron chi connectivity index (χ1n) is 6.86. The van der Waals surface area contributed by atoms with Gasteiger partial charge in [0.25, 0.3) is 0 Å². The van der Waals surface area contributed by atoms with Gasteiger partial charge in [-0.25, -0.2) is 0 Å². The molecule has 0 bridgehead atoms. The molecule has 4 heteroatoms. The maximum absolute atomic E-state index is 12.0. The highest BCUT2D eigenvalue weighted by molar-refractivity contribution is 5.24. The predicted molar refractivity (Wildman–Crippen MR) is 77.8 cm³/mol. The summed E-state index contributed by atoms with van der Waals surface area (Å²) in [5.41, 5.74) is 2.02. The number of ether oxygens (including phenoxy) is 1. The van der Waals surface area contributed by atoms with E-state index in [9.17, 15) is 4.79 Å². The second-order valence-electron chi connectivity index (χ2n) is 5.20. The van der Waals surface area contributed by atoms with E-state index in [1.165, 1.54) is 0 Å². The maximum atomic E-state index is 12.0. The van der Waals surface area contributed by atoms with Crippen molar-refractivity contribution in [3.8, 4) is 5.75 Å². The molecule has 0 spiro atoms. The lowest BCUT2D eigenvalue weighted by atomic mass is 10.2. The van der Waals surface area contributed by atoms with Gasteiger partial charge in [-0.15, -0.1) is 0 Å². The first-order chi connectivity index (χ1) is 9.72. The van der Waals surface area contributed by atoms with Crippen LogP contribution in [0, 0.1) is 0 Å². The third-order valence-corrected chi connectivity index (χ3v) is 3.52. The molecule has 4 nitrogen and oxygen atoms in total. The van der Waals surface area contributed by atoms with E-state index in [0.29, 0.717) is 18.4 Å². The summed E-state index contributed by atoms with van der Waals surface area (Å²) in [6.45, 7) is 4.14. The van der Waals surface area contributed by atoms with E-state index < -0.39 is 0 Å². The summed E-state index contributed by atoms with van der Waals surface area (Å²) in [6.07, 6.45) is 1.83. The van der Waals surface area contributed by atoms with Crippen molar-refractivity contribution in [2.24, 2.45) is 0 Å². The summed E-state index contributed by atoms with van der Waals surface area (Å²) in [5.74, 6) is 0.423. The summed E-state index contributed by atoms with van der Waals surface area (Å²) in [6, 6.07) is 11.9. The average Bonchev–Trinajstić information content (AvgIpc) is 2.46. The van der Waals surface area contributed by atoms with E-state index in [4.69, 9.17) is 4.74 Å². The van der Waals surface area contributed by atoms with E-state index >= 15 is 0 Å². The minimum Gasteiger partial charge on any atom is -0.483 e. The fourth-order valence-electron chi connectivity index (χ4n) is 2.40. The summed E-state index contributed by atoms with van der Waals surface area (Å²) in [4.78, 5) is 12.0. The number of rotatable bonds is 3. The van der Waals surface area contributed by atoms with Gasteiger partial charge in [0.05, 0.1) is 6.20 Å². The van der Waals surface area contributed by atoms with Crippen molar-refractivity contribution in [3.63, 3.8) is 0 Å². The standard InChI is InChI=1S/C16H18N2O2/c1-12-9-18-10-16(15(19)7-14(18)8-17-12)20-11-13-5-3-2-4-6-13/h2-7,10,12,17H,8-9,11H2,1H3. The zero-order valence-corrected chi connectivity index (χ0v) is 11.5. The fraction of sp³-hybridized carbons (Fsp3) is 0.312. The topological polar surface area (TPSA) is 43.3 Å². The first kappa shape index (κ1) is 12.9. The molecular formula is C16H18N2O2. The minimum absolute atomic E-state index is 0.0523. The van der Waals surface area contributed by atoms with Crippen molar-refractivity contribution in [3.05, 3.63) is 64.1 Å². The van der Waals surface area contributed by atoms with Gasteiger partial charge in [0.2, 0.25) is 5.43 Å². The summed E-state index contributed by atoms with van der Waals surface area (Å²) < 4.78 is 7.77. The van der Waals surface area contributed by atoms with Gasteiger partial charge in [-0.2, -0.15) is 0 Å². The number of pyridine rings is 1. The van der Waals surface area contributed by atoms with E-state index in [1.54, 1.807) is 6.07 Å². The third-order valence-electron chi connectivity index (χ3n) is 3.52. The lowest BCUT2D eigenvalue weighted by Crippen LogP contribution is -2.37. The van der Waals surface area contributed by atoms with E-state index in [0.717, 1.165) is 24.3 Å². The van der Waals surface area contributed by atoms with Crippen molar-refractivity contribution in [1.82, 2.24) is 9.88 Å². The summed E-state index contributed by atoms with van der Waals surface area (Å²) in [5, 5.41) is 3.34. The first-order valence-corrected chi connectivity index (χ1v) is 6.86. The SMILES string of the molecule is CC1Cn2cc(OCc3ccccc3)c(=O)cc2CN1. The van der Waals surface area contributed by atoms with Crippen LogP contribution in [-0.2, 0) is 19.7 Å². The van der Waals surface area contributed by atoms with Crippen LogP contribution in [0.4, 0.5) is 0 Å². The second-order valence-corrected chi connectivity index (χ2v) is 5.20. The Morgan fingerprint density at radius 1 is 1.35 bits per heavy atom. The molecular weight excluding hydrogens is 252 g/mol. The van der Waals surface area contributed by atoms with Gasteiger partial charge in [-0.05, 0) is 12.5 Å². The number of aromatic nitrogens is 1. The van der Waals surface area contributed by atoms with Gasteiger partial charge in [0.1, 0.15) is 6.61 Å². The molecule has 1 atom stereocenters. The van der Waals surface area contributed by atoms with E-state index in [-0.39, 0.29) is 5.43 Å². The van der Waals surface area contributed by atoms with Crippen molar-refractivity contribution in [2.45, 2.75) is 32.7 Å². The second kappa shape index (κ2) is 5.51. The molecule has 2 heterocycles. The number of hydrogen-bond acceptors (Lipinski definition) is 3. The molecule has 0 saturated carbocycles. The van der Waals surface area contributed by atoms with Crippen LogP contribution in [0.2, 0.25) is 0 Å². The molecule has 2 aromatic rings. The van der Waals surface area contributed by atoms with Gasteiger partial charge >= 0.3 is 0 Å². The average molecular weight is 270 g/mol. The Morgan fingerprint density at radius 3 is 2.95 bits per heavy atom. The van der Waals surface area contributed by atoms with Gasteiger partial charge in [-0.3, -0.25) is 4.79 Å². The molecule has 0 saturated heterocycles. The number of hydrogen-bond donors (Lipinski definition) is 1. The minimum atomic E-state index is -0.0523. The zero-order chi connectivity index (χ0) is 13.9. The quantitative estimate of drug-likeness (QED) is 0.926. The van der Waals surface area contributed by atoms with Gasteiger partial charge in [0, 0.05) is 30.9 Å². The summed E-state index contributed by atoms with van der Waals surface area (Å²) in [7, 11) is 0. The lowest BCUT2D eigenvalue weighted by molar-refractivity contribution is 0.296. The molecule has 3 rings (SSSR count). The normalized spacial score (nSPS) is 17.6. The fourth-order valence-corrected chi connectivity index (χ4v) is 2.40. The van der Waals surface area contributed by atoms with Crippen molar-refractivity contribution < 1.29 is 4.74 Å². The van der Waals surface area contributed by atoms with Gasteiger partial charge in [0.15, 0.2) is 5.75 Å². The number of fused-ring (bicyclic) bond motifs is 1. The molecule has 20 heavy (non-hydrogen) atoms. The Labute approximate surface area is 118 Å². The monoisotopic (exact) mass is 270 g/mol. The van der Waals surface area contributed by atoms with Gasteiger partial charge < -0.3 is 14.6 Å². The van der Waals surface area contributed by atoms with Crippen LogP contribution in [0.1, 0.15) is 18.2 Å². The molecule has 104 valence electrons. The van der Waals surface area contributed by atoms with Crippen molar-refractivity contribution >= 4 is 0 Å². The Bertz CT molecular complexity index is 649. The van der Waals surface area contributed by atoms with Crippen LogP contribution in [-0.4, -0.2) is 10.6 Å². The molecule has 0 amide bonds. The highest BCUT2D eigenvalue weighted by atomic mass is 16.5. The summed E-state index contributed by atoms with van der Waals surface area (Å²) >= 11 is 0. The zero-order valence-electron chi connectivity index (χ0n) is 11.5. The number of nitrogens with zero attached hydrogens (tertiary/aromatic N) is 1. The molecule has 1 unspecified atom stereocenters. The highest BCUT2D eigenvalue weighted by Gasteiger charge is 2.15. The van der Waals surface area contributed by atoms with Crippen LogP contribution in [0.5, 0.6) is 5.75 Å². The number of nitrogens with one attached hydrogen (secondary N) is 1. The molecule has 0 fully saturated rings. The van der Waals surface area contributed by atoms with Crippen molar-refractivity contribution in [2.75, 3.05) is 0 Å². The molecule has 0 radical (unpaired) electrons.